The molecule has 4 heteroatoms. The first kappa shape index (κ1) is 7.09. The Morgan fingerprint density at radius 1 is 0.917 bits per heavy atom. The topological polar surface area (TPSA) is 52.1 Å². The highest BCUT2D eigenvalue weighted by Crippen LogP contribution is 2.02. The van der Waals surface area contributed by atoms with E-state index in [1.54, 1.807) is 24.9 Å². The molecule has 0 atom stereocenters. The lowest BCUT2D eigenvalue weighted by molar-refractivity contribution is 0.457. The molecule has 2 aromatic rings. The lowest BCUT2D eigenvalue weighted by atomic mass is 10.3. The van der Waals surface area contributed by atoms with Crippen molar-refractivity contribution in [2.75, 3.05) is 0 Å². The summed E-state index contributed by atoms with van der Waals surface area (Å²) in [7, 11) is 0. The second-order valence-corrected chi connectivity index (χ2v) is 2.35. The van der Waals surface area contributed by atoms with E-state index in [2.05, 4.69) is 9.97 Å². The lowest BCUT2D eigenvalue weighted by Crippen LogP contribution is -1.90. The fourth-order valence-corrected chi connectivity index (χ4v) is 0.967. The molecule has 0 saturated heterocycles. The molecule has 62 valence electrons. The number of aromatic nitrogens is 2. The number of oxazole rings is 2. The molecule has 0 N–H and O–H groups in total. The minimum absolute atomic E-state index is 0.716. The van der Waals surface area contributed by atoms with Crippen LogP contribution in [-0.4, -0.2) is 9.97 Å². The molecule has 0 bridgehead atoms. The molecular weight excluding hydrogens is 156 g/mol. The number of hydrogen-bond donors (Lipinski definition) is 0. The van der Waals surface area contributed by atoms with E-state index in [1.165, 1.54) is 0 Å². The Kier molecular flexibility index (Phi) is 1.90. The first-order chi connectivity index (χ1) is 5.95. The highest BCUT2D eigenvalue weighted by Gasteiger charge is 2.01. The Balaban J connectivity index is 1.91. The van der Waals surface area contributed by atoms with Crippen LogP contribution in [0.4, 0.5) is 0 Å². The second-order valence-electron chi connectivity index (χ2n) is 2.35. The van der Waals surface area contributed by atoms with E-state index in [9.17, 15) is 0 Å². The van der Waals surface area contributed by atoms with Crippen molar-refractivity contribution < 1.29 is 8.83 Å². The zero-order valence-electron chi connectivity index (χ0n) is 6.43. The summed E-state index contributed by atoms with van der Waals surface area (Å²) in [6.07, 6.45) is 7.84. The Morgan fingerprint density at radius 2 is 1.42 bits per heavy atom. The smallest absolute Gasteiger partial charge is 0.194 e. The van der Waals surface area contributed by atoms with E-state index in [4.69, 9.17) is 8.83 Å². The fraction of sp³-hybridized carbons (Fsp3) is 0.250. The van der Waals surface area contributed by atoms with Crippen LogP contribution in [0.1, 0.15) is 11.8 Å². The molecule has 2 rings (SSSR count). The predicted molar refractivity (Wildman–Crippen MR) is 40.4 cm³/mol. The molecule has 0 unspecified atom stereocenters. The van der Waals surface area contributed by atoms with Gasteiger partial charge in [0, 0.05) is 12.8 Å². The molecule has 2 heterocycles. The fourth-order valence-electron chi connectivity index (χ4n) is 0.967. The van der Waals surface area contributed by atoms with Crippen LogP contribution >= 0.6 is 0 Å². The molecule has 0 aliphatic rings. The third-order valence-electron chi connectivity index (χ3n) is 1.52. The molecule has 0 saturated carbocycles. The van der Waals surface area contributed by atoms with Gasteiger partial charge in [0.1, 0.15) is 12.5 Å². The van der Waals surface area contributed by atoms with E-state index in [1.807, 2.05) is 0 Å². The van der Waals surface area contributed by atoms with Gasteiger partial charge in [0.25, 0.3) is 0 Å². The van der Waals surface area contributed by atoms with E-state index in [0.717, 1.165) is 12.8 Å². The number of hydrogen-bond acceptors (Lipinski definition) is 4. The highest BCUT2D eigenvalue weighted by molar-refractivity contribution is 4.87. The molecular formula is C8H8N2O2. The van der Waals surface area contributed by atoms with Crippen molar-refractivity contribution in [3.8, 4) is 0 Å². The van der Waals surface area contributed by atoms with Gasteiger partial charge in [-0.15, -0.1) is 0 Å². The second kappa shape index (κ2) is 3.21. The van der Waals surface area contributed by atoms with Crippen LogP contribution in [0.2, 0.25) is 0 Å². The van der Waals surface area contributed by atoms with Gasteiger partial charge in [0.05, 0.1) is 12.4 Å². The summed E-state index contributed by atoms with van der Waals surface area (Å²) < 4.78 is 10.1. The lowest BCUT2D eigenvalue weighted by Gasteiger charge is -1.90. The Labute approximate surface area is 69.2 Å². The molecule has 0 radical (unpaired) electrons. The van der Waals surface area contributed by atoms with Crippen molar-refractivity contribution in [3.63, 3.8) is 0 Å². The minimum atomic E-state index is 0.716. The van der Waals surface area contributed by atoms with Crippen molar-refractivity contribution in [3.05, 3.63) is 36.7 Å². The molecule has 0 aromatic carbocycles. The number of rotatable bonds is 3. The summed E-state index contributed by atoms with van der Waals surface area (Å²) in [5.74, 6) is 1.43. The van der Waals surface area contributed by atoms with Crippen LogP contribution in [-0.2, 0) is 12.8 Å². The summed E-state index contributed by atoms with van der Waals surface area (Å²) >= 11 is 0. The standard InChI is InChI=1S/C8H8N2O2/c1(7-9-3-5-11-7)2-8-10-4-6-12-8/h3-6H,1-2H2. The summed E-state index contributed by atoms with van der Waals surface area (Å²) in [6, 6.07) is 0. The molecule has 0 aliphatic carbocycles. The van der Waals surface area contributed by atoms with E-state index in [0.29, 0.717) is 11.8 Å². The normalized spacial score (nSPS) is 10.3. The van der Waals surface area contributed by atoms with Crippen LogP contribution in [0.5, 0.6) is 0 Å². The van der Waals surface area contributed by atoms with Gasteiger partial charge >= 0.3 is 0 Å². The number of aryl methyl sites for hydroxylation is 2. The Bertz CT molecular complexity index is 278. The summed E-state index contributed by atoms with van der Waals surface area (Å²) in [6.45, 7) is 0. The van der Waals surface area contributed by atoms with Gasteiger partial charge in [0.15, 0.2) is 11.8 Å². The third kappa shape index (κ3) is 1.53. The van der Waals surface area contributed by atoms with E-state index < -0.39 is 0 Å². The predicted octanol–water partition coefficient (Wildman–Crippen LogP) is 1.45. The van der Waals surface area contributed by atoms with Crippen LogP contribution in [0.15, 0.2) is 33.8 Å². The molecule has 0 spiro atoms. The maximum absolute atomic E-state index is 5.05. The maximum atomic E-state index is 5.05. The quantitative estimate of drug-likeness (QED) is 0.688. The zero-order chi connectivity index (χ0) is 8.23. The maximum Gasteiger partial charge on any atom is 0.194 e. The molecule has 0 fully saturated rings. The van der Waals surface area contributed by atoms with Crippen molar-refractivity contribution in [1.82, 2.24) is 9.97 Å². The Morgan fingerprint density at radius 3 is 1.75 bits per heavy atom. The van der Waals surface area contributed by atoms with Gasteiger partial charge in [-0.25, -0.2) is 9.97 Å². The van der Waals surface area contributed by atoms with Gasteiger partial charge in [-0.3, -0.25) is 0 Å². The average Bonchev–Trinajstić information content (AvgIpc) is 2.74. The minimum Gasteiger partial charge on any atom is -0.449 e. The first-order valence-electron chi connectivity index (χ1n) is 3.72. The van der Waals surface area contributed by atoms with Crippen LogP contribution < -0.4 is 0 Å². The number of nitrogens with zero attached hydrogens (tertiary/aromatic N) is 2. The summed E-state index contributed by atoms with van der Waals surface area (Å²) in [5.41, 5.74) is 0. The van der Waals surface area contributed by atoms with Gasteiger partial charge in [-0.1, -0.05) is 0 Å². The van der Waals surface area contributed by atoms with Crippen molar-refractivity contribution in [2.45, 2.75) is 12.8 Å². The van der Waals surface area contributed by atoms with Gasteiger partial charge in [0.2, 0.25) is 0 Å². The highest BCUT2D eigenvalue weighted by atomic mass is 16.3. The largest absolute Gasteiger partial charge is 0.449 e. The van der Waals surface area contributed by atoms with E-state index >= 15 is 0 Å². The monoisotopic (exact) mass is 164 g/mol. The van der Waals surface area contributed by atoms with Gasteiger partial charge in [-0.05, 0) is 0 Å². The summed E-state index contributed by atoms with van der Waals surface area (Å²) in [5, 5.41) is 0. The summed E-state index contributed by atoms with van der Waals surface area (Å²) in [4.78, 5) is 7.96. The molecule has 0 amide bonds. The average molecular weight is 164 g/mol. The molecule has 12 heavy (non-hydrogen) atoms. The van der Waals surface area contributed by atoms with Crippen molar-refractivity contribution in [1.29, 1.82) is 0 Å². The van der Waals surface area contributed by atoms with Crippen LogP contribution in [0, 0.1) is 0 Å². The van der Waals surface area contributed by atoms with Crippen molar-refractivity contribution >= 4 is 0 Å². The first-order valence-corrected chi connectivity index (χ1v) is 3.72. The van der Waals surface area contributed by atoms with Gasteiger partial charge < -0.3 is 8.83 Å². The molecule has 2 aromatic heterocycles. The van der Waals surface area contributed by atoms with Crippen LogP contribution in [0.25, 0.3) is 0 Å². The van der Waals surface area contributed by atoms with Crippen LogP contribution in [0.3, 0.4) is 0 Å². The Hall–Kier alpha value is -1.58. The SMILES string of the molecule is c1coc(CCc2ncco2)n1. The molecule has 4 nitrogen and oxygen atoms in total. The van der Waals surface area contributed by atoms with Gasteiger partial charge in [-0.2, -0.15) is 0 Å². The zero-order valence-corrected chi connectivity index (χ0v) is 6.43. The van der Waals surface area contributed by atoms with E-state index in [-0.39, 0.29) is 0 Å². The van der Waals surface area contributed by atoms with Crippen molar-refractivity contribution in [2.24, 2.45) is 0 Å². The third-order valence-corrected chi connectivity index (χ3v) is 1.52. The molecule has 0 aliphatic heterocycles.